The van der Waals surface area contributed by atoms with Gasteiger partial charge in [-0.1, -0.05) is 25.7 Å². The molecule has 0 N–H and O–H groups in total. The minimum absolute atomic E-state index is 1.17. The molecule has 2 rings (SSSR count). The minimum atomic E-state index is 1.17. The molecule has 0 amide bonds. The average molecular weight is 96.2 g/mol. The smallest absolute Gasteiger partial charge is 0.0411 e. The normalized spacial score (nSPS) is 48.0. The molecule has 2 fully saturated rings. The Morgan fingerprint density at radius 2 is 1.14 bits per heavy atom. The molecule has 0 aromatic carbocycles. The lowest BCUT2D eigenvalue weighted by molar-refractivity contribution is 0.480. The van der Waals surface area contributed by atoms with Crippen LogP contribution < -0.4 is 0 Å². The lowest BCUT2D eigenvalue weighted by Crippen LogP contribution is -1.90. The van der Waals surface area contributed by atoms with Gasteiger partial charge in [-0.15, -0.1) is 0 Å². The van der Waals surface area contributed by atoms with Gasteiger partial charge in [0.1, 0.15) is 0 Å². The van der Waals surface area contributed by atoms with E-state index in [2.05, 4.69) is 0 Å². The van der Waals surface area contributed by atoms with Crippen LogP contribution in [0.1, 0.15) is 32.1 Å². The van der Waals surface area contributed by atoms with Crippen LogP contribution in [0.4, 0.5) is 0 Å². The van der Waals surface area contributed by atoms with Gasteiger partial charge in [0.15, 0.2) is 0 Å². The van der Waals surface area contributed by atoms with E-state index in [0.29, 0.717) is 0 Å². The summed E-state index contributed by atoms with van der Waals surface area (Å²) < 4.78 is 0. The van der Waals surface area contributed by atoms with Crippen molar-refractivity contribution in [3.05, 3.63) is 0 Å². The zero-order valence-electron chi connectivity index (χ0n) is 4.69. The van der Waals surface area contributed by atoms with Gasteiger partial charge >= 0.3 is 0 Å². The Kier molecular flexibility index (Phi) is 0.697. The third-order valence-corrected chi connectivity index (χ3v) is 2.63. The second kappa shape index (κ2) is 1.24. The van der Waals surface area contributed by atoms with E-state index < -0.39 is 0 Å². The Labute approximate surface area is 44.9 Å². The SMILES string of the molecule is C1CC2CCC1C2. The van der Waals surface area contributed by atoms with Gasteiger partial charge in [-0.25, -0.2) is 0 Å². The van der Waals surface area contributed by atoms with Crippen molar-refractivity contribution in [3.8, 4) is 0 Å². The highest BCUT2D eigenvalue weighted by molar-refractivity contribution is 4.82. The maximum Gasteiger partial charge on any atom is -0.0411 e. The number of hydrogen-bond acceptors (Lipinski definition) is 0. The lowest BCUT2D eigenvalue weighted by Gasteiger charge is -2.05. The fraction of sp³-hybridized carbons (Fsp3) is 1.00. The van der Waals surface area contributed by atoms with E-state index in [1.165, 1.54) is 11.8 Å². The molecule has 0 aromatic rings. The van der Waals surface area contributed by atoms with E-state index >= 15 is 0 Å². The van der Waals surface area contributed by atoms with Crippen molar-refractivity contribution >= 4 is 0 Å². The molecule has 0 heteroatoms. The molecule has 2 aliphatic carbocycles. The van der Waals surface area contributed by atoms with Crippen LogP contribution in [-0.2, 0) is 0 Å². The van der Waals surface area contributed by atoms with Crippen LogP contribution in [-0.4, -0.2) is 0 Å². The fourth-order valence-electron chi connectivity index (χ4n) is 2.17. The summed E-state index contributed by atoms with van der Waals surface area (Å²) in [6, 6.07) is 0. The van der Waals surface area contributed by atoms with Crippen LogP contribution in [0.5, 0.6) is 0 Å². The molecule has 0 unspecified atom stereocenters. The molecule has 40 valence electrons. The molecule has 0 aromatic heterocycles. The molecule has 2 saturated carbocycles. The van der Waals surface area contributed by atoms with Gasteiger partial charge in [0.2, 0.25) is 0 Å². The van der Waals surface area contributed by atoms with Crippen molar-refractivity contribution in [1.29, 1.82) is 0 Å². The van der Waals surface area contributed by atoms with Gasteiger partial charge in [-0.2, -0.15) is 0 Å². The van der Waals surface area contributed by atoms with Crippen molar-refractivity contribution in [2.24, 2.45) is 11.8 Å². The first-order valence-corrected chi connectivity index (χ1v) is 3.45. The van der Waals surface area contributed by atoms with Gasteiger partial charge < -0.3 is 0 Å². The van der Waals surface area contributed by atoms with Crippen LogP contribution >= 0.6 is 0 Å². The first kappa shape index (κ1) is 3.94. The molecule has 0 spiro atoms. The standard InChI is InChI=1S/C7H12/c1-2-7-4-3-6(1)5-7/h6-7H,1-5H2. The summed E-state index contributed by atoms with van der Waals surface area (Å²) >= 11 is 0. The highest BCUT2D eigenvalue weighted by Crippen LogP contribution is 2.43. The third kappa shape index (κ3) is 0.490. The number of fused-ring (bicyclic) bond motifs is 2. The molecule has 2 bridgehead atoms. The summed E-state index contributed by atoms with van der Waals surface area (Å²) in [5.74, 6) is 2.34. The largest absolute Gasteiger partial charge is 0.0502 e. The van der Waals surface area contributed by atoms with E-state index in [0.717, 1.165) is 0 Å². The van der Waals surface area contributed by atoms with E-state index in [1.807, 2.05) is 0 Å². The van der Waals surface area contributed by atoms with Crippen LogP contribution in [0.2, 0.25) is 0 Å². The summed E-state index contributed by atoms with van der Waals surface area (Å²) in [4.78, 5) is 0. The van der Waals surface area contributed by atoms with E-state index in [1.54, 1.807) is 32.1 Å². The summed E-state index contributed by atoms with van der Waals surface area (Å²) in [6.45, 7) is 0. The molecule has 0 nitrogen and oxygen atoms in total. The second-order valence-corrected chi connectivity index (χ2v) is 3.12. The predicted molar refractivity (Wildman–Crippen MR) is 30.1 cm³/mol. The number of hydrogen-bond donors (Lipinski definition) is 0. The van der Waals surface area contributed by atoms with E-state index in [9.17, 15) is 0 Å². The highest BCUT2D eigenvalue weighted by Gasteiger charge is 2.30. The topological polar surface area (TPSA) is 0 Å². The first-order valence-electron chi connectivity index (χ1n) is 3.45. The Hall–Kier alpha value is 0. The zero-order chi connectivity index (χ0) is 4.69. The van der Waals surface area contributed by atoms with Gasteiger partial charge in [0.05, 0.1) is 0 Å². The molecule has 0 aliphatic heterocycles. The van der Waals surface area contributed by atoms with Crippen molar-refractivity contribution < 1.29 is 0 Å². The van der Waals surface area contributed by atoms with E-state index in [-0.39, 0.29) is 0 Å². The van der Waals surface area contributed by atoms with Gasteiger partial charge in [0.25, 0.3) is 0 Å². The predicted octanol–water partition coefficient (Wildman–Crippen LogP) is 2.20. The van der Waals surface area contributed by atoms with Gasteiger partial charge in [0, 0.05) is 0 Å². The molecule has 0 atom stereocenters. The van der Waals surface area contributed by atoms with Crippen molar-refractivity contribution in [3.63, 3.8) is 0 Å². The van der Waals surface area contributed by atoms with Crippen LogP contribution in [0.15, 0.2) is 0 Å². The van der Waals surface area contributed by atoms with Gasteiger partial charge in [-0.05, 0) is 18.3 Å². The highest BCUT2D eigenvalue weighted by atomic mass is 14.4. The number of rotatable bonds is 0. The molecule has 0 heterocycles. The van der Waals surface area contributed by atoms with Gasteiger partial charge in [-0.3, -0.25) is 0 Å². The van der Waals surface area contributed by atoms with Crippen LogP contribution in [0, 0.1) is 11.8 Å². The van der Waals surface area contributed by atoms with Crippen molar-refractivity contribution in [2.45, 2.75) is 32.1 Å². The Balaban J connectivity index is 2.12. The molecular weight excluding hydrogens is 84.1 g/mol. The lowest BCUT2D eigenvalue weighted by atomic mass is 10.0. The monoisotopic (exact) mass is 96.1 g/mol. The minimum Gasteiger partial charge on any atom is -0.0502 e. The van der Waals surface area contributed by atoms with Crippen LogP contribution in [0.25, 0.3) is 0 Å². The first-order chi connectivity index (χ1) is 3.45. The summed E-state index contributed by atoms with van der Waals surface area (Å²) in [6.07, 6.45) is 7.82. The van der Waals surface area contributed by atoms with Crippen molar-refractivity contribution in [2.75, 3.05) is 0 Å². The molecule has 0 radical (unpaired) electrons. The van der Waals surface area contributed by atoms with Crippen LogP contribution in [0.3, 0.4) is 0 Å². The molecule has 2 aliphatic rings. The average Bonchev–Trinajstić information content (AvgIpc) is 2.22. The summed E-state index contributed by atoms with van der Waals surface area (Å²) in [5.41, 5.74) is 0. The third-order valence-electron chi connectivity index (χ3n) is 2.63. The quantitative estimate of drug-likeness (QED) is 0.433. The summed E-state index contributed by atoms with van der Waals surface area (Å²) in [5, 5.41) is 0. The van der Waals surface area contributed by atoms with E-state index in [4.69, 9.17) is 0 Å². The zero-order valence-corrected chi connectivity index (χ0v) is 4.69. The maximum atomic E-state index is 1.58. The maximum absolute atomic E-state index is 1.58. The molecular formula is C7H12. The Morgan fingerprint density at radius 1 is 0.714 bits per heavy atom. The Bertz CT molecular complexity index is 58.1. The fourth-order valence-corrected chi connectivity index (χ4v) is 2.17. The second-order valence-electron chi connectivity index (χ2n) is 3.12. The summed E-state index contributed by atoms with van der Waals surface area (Å²) in [7, 11) is 0. The van der Waals surface area contributed by atoms with Crippen molar-refractivity contribution in [1.82, 2.24) is 0 Å². The Morgan fingerprint density at radius 3 is 1.29 bits per heavy atom. The molecule has 7 heavy (non-hydrogen) atoms. The molecule has 0 saturated heterocycles.